The van der Waals surface area contributed by atoms with Crippen molar-refractivity contribution >= 4 is 0 Å². The summed E-state index contributed by atoms with van der Waals surface area (Å²) < 4.78 is 5.80. The summed E-state index contributed by atoms with van der Waals surface area (Å²) in [5, 5.41) is 3.60. The van der Waals surface area contributed by atoms with E-state index in [1.165, 1.54) is 18.4 Å². The number of nitrogens with one attached hydrogen (secondary N) is 1. The molecule has 0 spiro atoms. The van der Waals surface area contributed by atoms with Gasteiger partial charge in [-0.1, -0.05) is 38.5 Å². The minimum atomic E-state index is 0.307. The van der Waals surface area contributed by atoms with Crippen LogP contribution in [0.5, 0.6) is 5.75 Å². The lowest BCUT2D eigenvalue weighted by molar-refractivity contribution is 0.217. The summed E-state index contributed by atoms with van der Waals surface area (Å²) in [6.45, 7) is 11.4. The molecule has 1 N–H and O–H groups in total. The summed E-state index contributed by atoms with van der Waals surface area (Å²) in [4.78, 5) is 2.44. The van der Waals surface area contributed by atoms with Gasteiger partial charge in [-0.25, -0.2) is 0 Å². The molecule has 1 aromatic rings. The Hall–Kier alpha value is -1.06. The van der Waals surface area contributed by atoms with Crippen molar-refractivity contribution in [2.75, 3.05) is 26.7 Å². The first-order valence-corrected chi connectivity index (χ1v) is 8.29. The molecule has 0 saturated heterocycles. The Bertz CT molecular complexity index is 395. The van der Waals surface area contributed by atoms with Crippen LogP contribution in [-0.4, -0.2) is 37.7 Å². The van der Waals surface area contributed by atoms with E-state index in [0.29, 0.717) is 18.7 Å². The molecule has 0 saturated carbocycles. The van der Waals surface area contributed by atoms with E-state index in [0.717, 1.165) is 18.8 Å². The van der Waals surface area contributed by atoms with Crippen molar-refractivity contribution in [3.63, 3.8) is 0 Å². The Kier molecular flexibility index (Phi) is 8.40. The molecule has 1 aromatic carbocycles. The van der Waals surface area contributed by atoms with Gasteiger partial charge in [-0.15, -0.1) is 0 Å². The van der Waals surface area contributed by atoms with Crippen molar-refractivity contribution in [2.24, 2.45) is 0 Å². The number of hydrogen-bond acceptors (Lipinski definition) is 3. The predicted molar refractivity (Wildman–Crippen MR) is 91.0 cm³/mol. The molecule has 21 heavy (non-hydrogen) atoms. The van der Waals surface area contributed by atoms with Gasteiger partial charge < -0.3 is 15.0 Å². The van der Waals surface area contributed by atoms with E-state index < -0.39 is 0 Å². The Morgan fingerprint density at radius 2 is 1.90 bits per heavy atom. The van der Waals surface area contributed by atoms with Gasteiger partial charge in [0.1, 0.15) is 5.75 Å². The monoisotopic (exact) mass is 292 g/mol. The maximum atomic E-state index is 5.80. The summed E-state index contributed by atoms with van der Waals surface area (Å²) in [5.41, 5.74) is 1.26. The predicted octanol–water partition coefficient (Wildman–Crippen LogP) is 3.86. The molecule has 1 rings (SSSR count). The molecular weight excluding hydrogens is 260 g/mol. The van der Waals surface area contributed by atoms with Crippen LogP contribution in [0.25, 0.3) is 0 Å². The molecule has 120 valence electrons. The average molecular weight is 292 g/mol. The zero-order valence-electron chi connectivity index (χ0n) is 14.4. The molecule has 0 aliphatic rings. The average Bonchev–Trinajstić information content (AvgIpc) is 2.48. The molecular formula is C18H32N2O. The second-order valence-corrected chi connectivity index (χ2v) is 5.66. The van der Waals surface area contributed by atoms with E-state index in [1.54, 1.807) is 0 Å². The largest absolute Gasteiger partial charge is 0.494 e. The van der Waals surface area contributed by atoms with Gasteiger partial charge in [0.05, 0.1) is 6.61 Å². The first-order valence-electron chi connectivity index (χ1n) is 8.29. The first-order chi connectivity index (χ1) is 10.1. The normalized spacial score (nSPS) is 14.2. The van der Waals surface area contributed by atoms with Crippen molar-refractivity contribution in [3.8, 4) is 5.75 Å². The lowest BCUT2D eigenvalue weighted by Gasteiger charge is -2.30. The van der Waals surface area contributed by atoms with E-state index >= 15 is 0 Å². The molecule has 0 radical (unpaired) electrons. The fourth-order valence-electron chi connectivity index (χ4n) is 2.68. The highest BCUT2D eigenvalue weighted by Crippen LogP contribution is 2.26. The smallest absolute Gasteiger partial charge is 0.124 e. The summed E-state index contributed by atoms with van der Waals surface area (Å²) >= 11 is 0. The van der Waals surface area contributed by atoms with Crippen molar-refractivity contribution in [1.29, 1.82) is 0 Å². The lowest BCUT2D eigenvalue weighted by Crippen LogP contribution is -2.37. The quantitative estimate of drug-likeness (QED) is 0.709. The van der Waals surface area contributed by atoms with Crippen molar-refractivity contribution < 1.29 is 4.74 Å². The van der Waals surface area contributed by atoms with Crippen LogP contribution < -0.4 is 10.1 Å². The van der Waals surface area contributed by atoms with E-state index in [1.807, 2.05) is 13.0 Å². The number of hydrogen-bond donors (Lipinski definition) is 1. The Balaban J connectivity index is 2.86. The number of ether oxygens (including phenoxy) is 1. The molecule has 2 unspecified atom stereocenters. The highest BCUT2D eigenvalue weighted by molar-refractivity contribution is 5.36. The molecule has 0 fully saturated rings. The van der Waals surface area contributed by atoms with Crippen molar-refractivity contribution in [1.82, 2.24) is 10.2 Å². The molecule has 2 atom stereocenters. The van der Waals surface area contributed by atoms with Crippen LogP contribution in [-0.2, 0) is 0 Å². The number of rotatable bonds is 10. The number of para-hydroxylation sites is 1. The van der Waals surface area contributed by atoms with Gasteiger partial charge in [0.2, 0.25) is 0 Å². The summed E-state index contributed by atoms with van der Waals surface area (Å²) in [6, 6.07) is 9.30. The van der Waals surface area contributed by atoms with Gasteiger partial charge in [-0.3, -0.25) is 0 Å². The third-order valence-electron chi connectivity index (χ3n) is 3.97. The molecule has 0 aliphatic carbocycles. The SMILES string of the molecule is CCCC(C)N(C)CC(NCC)c1ccccc1OCC. The minimum absolute atomic E-state index is 0.307. The number of likely N-dealkylation sites (N-methyl/N-ethyl adjacent to an activating group) is 2. The van der Waals surface area contributed by atoms with Gasteiger partial charge in [0, 0.05) is 24.2 Å². The van der Waals surface area contributed by atoms with Crippen molar-refractivity contribution in [2.45, 2.75) is 52.6 Å². The van der Waals surface area contributed by atoms with E-state index in [2.05, 4.69) is 56.2 Å². The number of nitrogens with zero attached hydrogens (tertiary/aromatic N) is 1. The van der Waals surface area contributed by atoms with Gasteiger partial charge >= 0.3 is 0 Å². The fraction of sp³-hybridized carbons (Fsp3) is 0.667. The summed E-state index contributed by atoms with van der Waals surface area (Å²) in [6.07, 6.45) is 2.47. The lowest BCUT2D eigenvalue weighted by atomic mass is 10.0. The van der Waals surface area contributed by atoms with Crippen molar-refractivity contribution in [3.05, 3.63) is 29.8 Å². The van der Waals surface area contributed by atoms with Gasteiger partial charge in [-0.2, -0.15) is 0 Å². The van der Waals surface area contributed by atoms with Gasteiger partial charge in [0.15, 0.2) is 0 Å². The van der Waals surface area contributed by atoms with Crippen LogP contribution >= 0.6 is 0 Å². The third-order valence-corrected chi connectivity index (χ3v) is 3.97. The van der Waals surface area contributed by atoms with Crippen LogP contribution in [0.15, 0.2) is 24.3 Å². The maximum Gasteiger partial charge on any atom is 0.124 e. The van der Waals surface area contributed by atoms with Crippen LogP contribution in [0.2, 0.25) is 0 Å². The molecule has 3 heteroatoms. The second kappa shape index (κ2) is 9.80. The highest BCUT2D eigenvalue weighted by Gasteiger charge is 2.19. The molecule has 0 heterocycles. The molecule has 0 bridgehead atoms. The minimum Gasteiger partial charge on any atom is -0.494 e. The van der Waals surface area contributed by atoms with E-state index in [-0.39, 0.29) is 0 Å². The Morgan fingerprint density at radius 3 is 2.52 bits per heavy atom. The zero-order chi connectivity index (χ0) is 15.7. The van der Waals surface area contributed by atoms with Crippen LogP contribution in [0, 0.1) is 0 Å². The van der Waals surface area contributed by atoms with Gasteiger partial charge in [-0.05, 0) is 39.9 Å². The van der Waals surface area contributed by atoms with Crippen LogP contribution in [0.3, 0.4) is 0 Å². The summed E-state index contributed by atoms with van der Waals surface area (Å²) in [5.74, 6) is 1.00. The van der Waals surface area contributed by atoms with Crippen LogP contribution in [0.4, 0.5) is 0 Å². The molecule has 0 aromatic heterocycles. The second-order valence-electron chi connectivity index (χ2n) is 5.66. The maximum absolute atomic E-state index is 5.80. The third kappa shape index (κ3) is 5.68. The molecule has 0 aliphatic heterocycles. The standard InChI is InChI=1S/C18H32N2O/c1-6-11-15(4)20(5)14-17(19-7-2)16-12-9-10-13-18(16)21-8-3/h9-10,12-13,15,17,19H,6-8,11,14H2,1-5H3. The van der Waals surface area contributed by atoms with E-state index in [4.69, 9.17) is 4.74 Å². The number of benzene rings is 1. The van der Waals surface area contributed by atoms with Crippen LogP contribution in [0.1, 0.15) is 52.1 Å². The highest BCUT2D eigenvalue weighted by atomic mass is 16.5. The molecule has 3 nitrogen and oxygen atoms in total. The Morgan fingerprint density at radius 1 is 1.19 bits per heavy atom. The Labute approximate surface area is 130 Å². The topological polar surface area (TPSA) is 24.5 Å². The fourth-order valence-corrected chi connectivity index (χ4v) is 2.68. The zero-order valence-corrected chi connectivity index (χ0v) is 14.4. The van der Waals surface area contributed by atoms with E-state index in [9.17, 15) is 0 Å². The summed E-state index contributed by atoms with van der Waals surface area (Å²) in [7, 11) is 2.22. The van der Waals surface area contributed by atoms with Gasteiger partial charge in [0.25, 0.3) is 0 Å². The first kappa shape index (κ1) is 18.0. The molecule has 0 amide bonds.